The first-order valence-corrected chi connectivity index (χ1v) is 8.58. The third-order valence-electron chi connectivity index (χ3n) is 3.13. The first-order chi connectivity index (χ1) is 11.6. The minimum atomic E-state index is -0.393. The number of anilines is 1. The van der Waals surface area contributed by atoms with E-state index in [1.807, 2.05) is 49.4 Å². The van der Waals surface area contributed by atoms with Gasteiger partial charge in [0.15, 0.2) is 0 Å². The van der Waals surface area contributed by atoms with Crippen LogP contribution in [-0.4, -0.2) is 24.2 Å². The number of thioether (sulfide) groups is 1. The molecule has 0 aliphatic heterocycles. The lowest BCUT2D eigenvalue weighted by Gasteiger charge is -2.10. The summed E-state index contributed by atoms with van der Waals surface area (Å²) in [5.41, 5.74) is 6.75. The number of primary amides is 1. The van der Waals surface area contributed by atoms with Gasteiger partial charge < -0.3 is 15.8 Å². The molecule has 0 unspecified atom stereocenters. The van der Waals surface area contributed by atoms with Crippen LogP contribution in [0.1, 0.15) is 12.5 Å². The maximum absolute atomic E-state index is 12.2. The van der Waals surface area contributed by atoms with Crippen LogP contribution in [0.4, 0.5) is 5.69 Å². The fourth-order valence-electron chi connectivity index (χ4n) is 2.09. The summed E-state index contributed by atoms with van der Waals surface area (Å²) in [7, 11) is 0. The summed E-state index contributed by atoms with van der Waals surface area (Å²) < 4.78 is 5.38. The lowest BCUT2D eigenvalue weighted by Crippen LogP contribution is -2.16. The van der Waals surface area contributed by atoms with E-state index in [1.165, 1.54) is 11.8 Å². The van der Waals surface area contributed by atoms with Gasteiger partial charge in [0, 0.05) is 4.90 Å². The van der Waals surface area contributed by atoms with Crippen molar-refractivity contribution in [3.8, 4) is 5.75 Å². The Morgan fingerprint density at radius 1 is 1.12 bits per heavy atom. The number of hydrogen-bond donors (Lipinski definition) is 2. The van der Waals surface area contributed by atoms with Crippen LogP contribution < -0.4 is 15.8 Å². The zero-order valence-electron chi connectivity index (χ0n) is 13.5. The second kappa shape index (κ2) is 8.98. The molecule has 0 heterocycles. The van der Waals surface area contributed by atoms with Crippen molar-refractivity contribution in [3.63, 3.8) is 0 Å². The van der Waals surface area contributed by atoms with Gasteiger partial charge in [-0.2, -0.15) is 0 Å². The second-order valence-electron chi connectivity index (χ2n) is 5.05. The zero-order chi connectivity index (χ0) is 17.4. The van der Waals surface area contributed by atoms with Gasteiger partial charge >= 0.3 is 0 Å². The highest BCUT2D eigenvalue weighted by molar-refractivity contribution is 8.00. The lowest BCUT2D eigenvalue weighted by molar-refractivity contribution is -0.116. The van der Waals surface area contributed by atoms with Crippen LogP contribution in [0.5, 0.6) is 5.75 Å². The van der Waals surface area contributed by atoms with Crippen molar-refractivity contribution in [2.75, 3.05) is 17.7 Å². The Balaban J connectivity index is 1.98. The summed E-state index contributed by atoms with van der Waals surface area (Å²) in [5, 5.41) is 2.88. The average molecular weight is 344 g/mol. The number of amides is 2. The van der Waals surface area contributed by atoms with Crippen molar-refractivity contribution in [2.45, 2.75) is 18.2 Å². The Labute approximate surface area is 145 Å². The first kappa shape index (κ1) is 17.9. The van der Waals surface area contributed by atoms with Gasteiger partial charge in [0.05, 0.1) is 24.5 Å². The van der Waals surface area contributed by atoms with Crippen molar-refractivity contribution < 1.29 is 14.3 Å². The summed E-state index contributed by atoms with van der Waals surface area (Å²) in [6.45, 7) is 2.54. The van der Waals surface area contributed by atoms with Crippen molar-refractivity contribution in [1.82, 2.24) is 0 Å². The molecule has 126 valence electrons. The summed E-state index contributed by atoms with van der Waals surface area (Å²) >= 11 is 1.31. The van der Waals surface area contributed by atoms with Gasteiger partial charge in [-0.1, -0.05) is 24.3 Å². The molecular weight excluding hydrogens is 324 g/mol. The van der Waals surface area contributed by atoms with E-state index in [-0.39, 0.29) is 18.1 Å². The topological polar surface area (TPSA) is 81.4 Å². The molecule has 0 saturated carbocycles. The summed E-state index contributed by atoms with van der Waals surface area (Å²) in [6.07, 6.45) is 0.265. The van der Waals surface area contributed by atoms with Gasteiger partial charge in [-0.25, -0.2) is 0 Å². The molecule has 0 atom stereocenters. The molecule has 3 N–H and O–H groups in total. The minimum Gasteiger partial charge on any atom is -0.494 e. The Morgan fingerprint density at radius 2 is 1.83 bits per heavy atom. The molecule has 2 amide bonds. The monoisotopic (exact) mass is 344 g/mol. The van der Waals surface area contributed by atoms with Gasteiger partial charge in [0.25, 0.3) is 0 Å². The molecule has 0 bridgehead atoms. The number of nitrogens with one attached hydrogen (secondary N) is 1. The number of nitrogens with two attached hydrogens (primary N) is 1. The van der Waals surface area contributed by atoms with Crippen molar-refractivity contribution in [1.29, 1.82) is 0 Å². The van der Waals surface area contributed by atoms with Crippen LogP contribution in [0, 0.1) is 0 Å². The van der Waals surface area contributed by atoms with E-state index in [0.717, 1.165) is 16.2 Å². The number of carbonyl (C=O) groups is 2. The van der Waals surface area contributed by atoms with Gasteiger partial charge in [-0.3, -0.25) is 9.59 Å². The largest absolute Gasteiger partial charge is 0.494 e. The molecule has 0 spiro atoms. The first-order valence-electron chi connectivity index (χ1n) is 7.60. The van der Waals surface area contributed by atoms with Crippen LogP contribution in [0.25, 0.3) is 0 Å². The minimum absolute atomic E-state index is 0.119. The summed E-state index contributed by atoms with van der Waals surface area (Å²) in [5.74, 6) is 0.447. The molecule has 5 nitrogen and oxygen atoms in total. The Hall–Kier alpha value is -2.47. The zero-order valence-corrected chi connectivity index (χ0v) is 14.3. The quantitative estimate of drug-likeness (QED) is 0.722. The van der Waals surface area contributed by atoms with E-state index in [1.54, 1.807) is 6.07 Å². The molecular formula is C18H20N2O3S. The standard InChI is InChI=1S/C18H20N2O3S/c1-2-23-14-9-7-13(8-10-14)11-18(22)20-15-5-3-4-6-16(15)24-12-17(19)21/h3-10H,2,11-12H2,1H3,(H2,19,21)(H,20,22). The molecule has 2 rings (SSSR count). The molecule has 0 aromatic heterocycles. The number of rotatable bonds is 8. The van der Waals surface area contributed by atoms with Gasteiger partial charge in [0.1, 0.15) is 5.75 Å². The number of benzene rings is 2. The van der Waals surface area contributed by atoms with E-state index in [0.29, 0.717) is 12.3 Å². The summed E-state index contributed by atoms with van der Waals surface area (Å²) in [6, 6.07) is 14.8. The maximum Gasteiger partial charge on any atom is 0.228 e. The van der Waals surface area contributed by atoms with E-state index in [4.69, 9.17) is 10.5 Å². The van der Waals surface area contributed by atoms with Crippen LogP contribution >= 0.6 is 11.8 Å². The molecule has 0 aliphatic rings. The molecule has 0 aliphatic carbocycles. The third kappa shape index (κ3) is 5.62. The average Bonchev–Trinajstić information content (AvgIpc) is 2.56. The van der Waals surface area contributed by atoms with Crippen LogP contribution in [0.15, 0.2) is 53.4 Å². The fourth-order valence-corrected chi connectivity index (χ4v) is 2.84. The highest BCUT2D eigenvalue weighted by Crippen LogP contribution is 2.26. The molecule has 24 heavy (non-hydrogen) atoms. The van der Waals surface area contributed by atoms with Crippen LogP contribution in [0.3, 0.4) is 0 Å². The maximum atomic E-state index is 12.2. The van der Waals surface area contributed by atoms with Gasteiger partial charge in [-0.15, -0.1) is 11.8 Å². The molecule has 0 fully saturated rings. The number of para-hydroxylation sites is 1. The molecule has 2 aromatic carbocycles. The highest BCUT2D eigenvalue weighted by Gasteiger charge is 2.09. The molecule has 6 heteroatoms. The molecule has 0 radical (unpaired) electrons. The third-order valence-corrected chi connectivity index (χ3v) is 4.23. The van der Waals surface area contributed by atoms with E-state index < -0.39 is 5.91 Å². The number of carbonyl (C=O) groups excluding carboxylic acids is 2. The van der Waals surface area contributed by atoms with Crippen LogP contribution in [0.2, 0.25) is 0 Å². The smallest absolute Gasteiger partial charge is 0.228 e. The Kier molecular flexibility index (Phi) is 6.69. The van der Waals surface area contributed by atoms with Crippen molar-refractivity contribution >= 4 is 29.3 Å². The van der Waals surface area contributed by atoms with Crippen molar-refractivity contribution in [2.24, 2.45) is 5.73 Å². The van der Waals surface area contributed by atoms with Crippen LogP contribution in [-0.2, 0) is 16.0 Å². The second-order valence-corrected chi connectivity index (χ2v) is 6.07. The van der Waals surface area contributed by atoms with E-state index in [9.17, 15) is 9.59 Å². The Bertz CT molecular complexity index is 702. The SMILES string of the molecule is CCOc1ccc(CC(=O)Nc2ccccc2SCC(N)=O)cc1. The normalized spacial score (nSPS) is 10.2. The van der Waals surface area contributed by atoms with E-state index in [2.05, 4.69) is 5.32 Å². The van der Waals surface area contributed by atoms with Crippen molar-refractivity contribution in [3.05, 3.63) is 54.1 Å². The molecule has 0 saturated heterocycles. The predicted molar refractivity (Wildman–Crippen MR) is 96.3 cm³/mol. The number of ether oxygens (including phenoxy) is 1. The predicted octanol–water partition coefficient (Wildman–Crippen LogP) is 2.84. The van der Waals surface area contributed by atoms with E-state index >= 15 is 0 Å². The molecule has 2 aromatic rings. The summed E-state index contributed by atoms with van der Waals surface area (Å²) in [4.78, 5) is 24.0. The number of hydrogen-bond acceptors (Lipinski definition) is 4. The van der Waals surface area contributed by atoms with Gasteiger partial charge in [0.2, 0.25) is 11.8 Å². The fraction of sp³-hybridized carbons (Fsp3) is 0.222. The highest BCUT2D eigenvalue weighted by atomic mass is 32.2. The van der Waals surface area contributed by atoms with Gasteiger partial charge in [-0.05, 0) is 36.8 Å². The lowest BCUT2D eigenvalue weighted by atomic mass is 10.1. The Morgan fingerprint density at radius 3 is 2.50 bits per heavy atom.